The van der Waals surface area contributed by atoms with Gasteiger partial charge in [0.05, 0.1) is 6.61 Å². The Morgan fingerprint density at radius 2 is 2.50 bits per heavy atom. The van der Waals surface area contributed by atoms with E-state index in [4.69, 9.17) is 5.11 Å². The lowest BCUT2D eigenvalue weighted by Crippen LogP contribution is -2.20. The average Bonchev–Trinajstić information content (AvgIpc) is 2.38. The second-order valence-electron chi connectivity index (χ2n) is 1.79. The maximum atomic E-state index is 8.53. The van der Waals surface area contributed by atoms with Gasteiger partial charge in [0.25, 0.3) is 0 Å². The second kappa shape index (κ2) is 3.43. The first kappa shape index (κ1) is 7.36. The van der Waals surface area contributed by atoms with Gasteiger partial charge in [-0.05, 0) is 5.21 Å². The van der Waals surface area contributed by atoms with E-state index in [2.05, 4.69) is 14.8 Å². The van der Waals surface area contributed by atoms with Crippen LogP contribution in [0.5, 0.6) is 0 Å². The van der Waals surface area contributed by atoms with Gasteiger partial charge in [0.1, 0.15) is 0 Å². The molecule has 0 aromatic carbocycles. The van der Waals surface area contributed by atoms with Crippen molar-refractivity contribution in [3.63, 3.8) is 0 Å². The smallest absolute Gasteiger partial charge is 0.227 e. The van der Waals surface area contributed by atoms with Gasteiger partial charge in [0, 0.05) is 25.1 Å². The van der Waals surface area contributed by atoms with Crippen molar-refractivity contribution in [1.82, 2.24) is 14.8 Å². The van der Waals surface area contributed by atoms with Crippen LogP contribution in [0.2, 0.25) is 0 Å². The minimum Gasteiger partial charge on any atom is -0.395 e. The fourth-order valence-electron chi connectivity index (χ4n) is 0.521. The van der Waals surface area contributed by atoms with Crippen molar-refractivity contribution in [3.8, 4) is 0 Å². The summed E-state index contributed by atoms with van der Waals surface area (Å²) in [5.74, 6) is 0. The third-order valence-electron chi connectivity index (χ3n) is 1.05. The molecule has 56 valence electrons. The van der Waals surface area contributed by atoms with Crippen molar-refractivity contribution in [2.75, 3.05) is 25.1 Å². The predicted octanol–water partition coefficient (Wildman–Crippen LogP) is -0.638. The Balaban J connectivity index is 2.50. The molecule has 0 aliphatic heterocycles. The fourth-order valence-corrected chi connectivity index (χ4v) is 0.971. The van der Waals surface area contributed by atoms with E-state index >= 15 is 0 Å². The monoisotopic (exact) mass is 160 g/mol. The number of hydrogen-bond donors (Lipinski definition) is 1. The summed E-state index contributed by atoms with van der Waals surface area (Å²) in [5.41, 5.74) is 0. The third kappa shape index (κ3) is 1.61. The number of likely N-dealkylation sites (N-methyl/N-ethyl adjacent to an activating group) is 1. The summed E-state index contributed by atoms with van der Waals surface area (Å²) in [5, 5.41) is 16.4. The molecule has 1 rings (SSSR count). The molecule has 0 fully saturated rings. The molecule has 0 aliphatic rings. The van der Waals surface area contributed by atoms with Gasteiger partial charge in [0.2, 0.25) is 5.13 Å². The zero-order chi connectivity index (χ0) is 7.40. The van der Waals surface area contributed by atoms with E-state index in [0.29, 0.717) is 6.54 Å². The largest absolute Gasteiger partial charge is 0.395 e. The summed E-state index contributed by atoms with van der Waals surface area (Å²) in [4.78, 5) is 1.80. The second-order valence-corrected chi connectivity index (χ2v) is 2.50. The van der Waals surface area contributed by atoms with Crippen molar-refractivity contribution in [2.45, 2.75) is 0 Å². The molecule has 6 heteroatoms. The van der Waals surface area contributed by atoms with Gasteiger partial charge in [-0.2, -0.15) is 0 Å². The van der Waals surface area contributed by atoms with Gasteiger partial charge in [0.15, 0.2) is 0 Å². The Kier molecular flexibility index (Phi) is 2.52. The Bertz CT molecular complexity index is 177. The molecule has 0 radical (unpaired) electrons. The molecular weight excluding hydrogens is 152 g/mol. The molecule has 5 nitrogen and oxygen atoms in total. The molecule has 1 N–H and O–H groups in total. The van der Waals surface area contributed by atoms with Crippen LogP contribution in [0.15, 0.2) is 0 Å². The van der Waals surface area contributed by atoms with Crippen molar-refractivity contribution in [2.24, 2.45) is 0 Å². The van der Waals surface area contributed by atoms with Crippen LogP contribution in [-0.4, -0.2) is 40.1 Å². The van der Waals surface area contributed by atoms with Crippen molar-refractivity contribution < 1.29 is 5.11 Å². The summed E-state index contributed by atoms with van der Waals surface area (Å²) < 4.78 is 3.58. The van der Waals surface area contributed by atoms with E-state index in [-0.39, 0.29) is 6.61 Å². The molecule has 10 heavy (non-hydrogen) atoms. The fraction of sp³-hybridized carbons (Fsp3) is 0.750. The number of aliphatic hydroxyl groups excluding tert-OH is 1. The normalized spacial score (nSPS) is 9.80. The number of aliphatic hydroxyl groups is 1. The van der Waals surface area contributed by atoms with Gasteiger partial charge in [-0.25, -0.2) is 0 Å². The predicted molar refractivity (Wildman–Crippen MR) is 38.1 cm³/mol. The Hall–Kier alpha value is -0.750. The van der Waals surface area contributed by atoms with Gasteiger partial charge in [-0.1, -0.05) is 9.59 Å². The molecule has 0 bridgehead atoms. The van der Waals surface area contributed by atoms with E-state index in [1.165, 1.54) is 11.5 Å². The molecule has 1 aromatic rings. The van der Waals surface area contributed by atoms with Gasteiger partial charge in [-0.3, -0.25) is 0 Å². The van der Waals surface area contributed by atoms with E-state index in [0.717, 1.165) is 5.13 Å². The van der Waals surface area contributed by atoms with Crippen molar-refractivity contribution >= 4 is 16.7 Å². The zero-order valence-electron chi connectivity index (χ0n) is 5.56. The SMILES string of the molecule is CN(CCO)c1nnns1. The molecule has 0 saturated heterocycles. The van der Waals surface area contributed by atoms with Gasteiger partial charge >= 0.3 is 0 Å². The number of rotatable bonds is 3. The summed E-state index contributed by atoms with van der Waals surface area (Å²) >= 11 is 1.21. The Morgan fingerprint density at radius 3 is 3.00 bits per heavy atom. The summed E-state index contributed by atoms with van der Waals surface area (Å²) in [7, 11) is 1.83. The molecule has 1 aromatic heterocycles. The topological polar surface area (TPSA) is 62.1 Å². The van der Waals surface area contributed by atoms with Crippen LogP contribution in [0.1, 0.15) is 0 Å². The average molecular weight is 160 g/mol. The number of anilines is 1. The van der Waals surface area contributed by atoms with Crippen molar-refractivity contribution in [3.05, 3.63) is 0 Å². The quantitative estimate of drug-likeness (QED) is 0.637. The van der Waals surface area contributed by atoms with E-state index in [9.17, 15) is 0 Å². The van der Waals surface area contributed by atoms with E-state index in [1.807, 2.05) is 7.05 Å². The maximum Gasteiger partial charge on any atom is 0.227 e. The van der Waals surface area contributed by atoms with Crippen LogP contribution in [0.4, 0.5) is 5.13 Å². The van der Waals surface area contributed by atoms with Crippen LogP contribution in [-0.2, 0) is 0 Å². The Morgan fingerprint density at radius 1 is 1.70 bits per heavy atom. The number of aromatic nitrogens is 3. The molecular formula is C4H8N4OS. The molecule has 0 saturated carbocycles. The Labute approximate surface area is 62.5 Å². The number of hydrogen-bond acceptors (Lipinski definition) is 6. The highest BCUT2D eigenvalue weighted by Crippen LogP contribution is 2.09. The molecule has 0 atom stereocenters. The molecule has 1 heterocycles. The highest BCUT2D eigenvalue weighted by Gasteiger charge is 2.02. The lowest BCUT2D eigenvalue weighted by molar-refractivity contribution is 0.304. The first-order chi connectivity index (χ1) is 4.84. The standard InChI is InChI=1S/C4H8N4OS/c1-8(2-3-9)4-5-6-7-10-4/h9H,2-3H2,1H3. The maximum absolute atomic E-state index is 8.53. The lowest BCUT2D eigenvalue weighted by atomic mass is 10.6. The highest BCUT2D eigenvalue weighted by atomic mass is 32.1. The van der Waals surface area contributed by atoms with E-state index in [1.54, 1.807) is 4.90 Å². The number of nitrogens with zero attached hydrogens (tertiary/aromatic N) is 4. The van der Waals surface area contributed by atoms with Crippen LogP contribution < -0.4 is 4.90 Å². The van der Waals surface area contributed by atoms with Crippen LogP contribution >= 0.6 is 11.5 Å². The van der Waals surface area contributed by atoms with Crippen LogP contribution in [0.3, 0.4) is 0 Å². The van der Waals surface area contributed by atoms with Gasteiger partial charge in [-0.15, -0.1) is 0 Å². The van der Waals surface area contributed by atoms with Gasteiger partial charge < -0.3 is 10.0 Å². The molecule has 0 unspecified atom stereocenters. The molecule has 0 aliphatic carbocycles. The lowest BCUT2D eigenvalue weighted by Gasteiger charge is -2.10. The summed E-state index contributed by atoms with van der Waals surface area (Å²) in [6.07, 6.45) is 0. The summed E-state index contributed by atoms with van der Waals surface area (Å²) in [6.45, 7) is 0.687. The third-order valence-corrected chi connectivity index (χ3v) is 1.76. The molecule has 0 amide bonds. The minimum absolute atomic E-state index is 0.121. The van der Waals surface area contributed by atoms with E-state index < -0.39 is 0 Å². The van der Waals surface area contributed by atoms with Crippen LogP contribution in [0.25, 0.3) is 0 Å². The highest BCUT2D eigenvalue weighted by molar-refractivity contribution is 7.09. The van der Waals surface area contributed by atoms with Crippen molar-refractivity contribution in [1.29, 1.82) is 0 Å². The molecule has 0 spiro atoms. The minimum atomic E-state index is 0.121. The summed E-state index contributed by atoms with van der Waals surface area (Å²) in [6, 6.07) is 0. The first-order valence-electron chi connectivity index (χ1n) is 2.81. The first-order valence-corrected chi connectivity index (χ1v) is 3.59. The van der Waals surface area contributed by atoms with Crippen LogP contribution in [0, 0.1) is 0 Å². The zero-order valence-corrected chi connectivity index (χ0v) is 6.38.